The molecule has 1 aromatic carbocycles. The van der Waals surface area contributed by atoms with Crippen molar-refractivity contribution in [3.8, 4) is 5.75 Å². The Bertz CT molecular complexity index is 593. The average molecular weight is 297 g/mol. The van der Waals surface area contributed by atoms with Crippen molar-refractivity contribution in [3.63, 3.8) is 0 Å². The molecule has 1 aliphatic heterocycles. The molecule has 4 nitrogen and oxygen atoms in total. The fourth-order valence-electron chi connectivity index (χ4n) is 2.62. The molecule has 0 saturated carbocycles. The van der Waals surface area contributed by atoms with E-state index < -0.39 is 9.84 Å². The smallest absolute Gasteiger partial charge is 0.148 e. The van der Waals surface area contributed by atoms with E-state index in [1.807, 2.05) is 19.1 Å². The first-order valence-corrected chi connectivity index (χ1v) is 8.93. The summed E-state index contributed by atoms with van der Waals surface area (Å²) in [4.78, 5) is 0. The van der Waals surface area contributed by atoms with Crippen molar-refractivity contribution in [2.45, 2.75) is 45.4 Å². The van der Waals surface area contributed by atoms with E-state index in [1.165, 1.54) is 11.8 Å². The molecule has 2 rings (SSSR count). The molecule has 112 valence electrons. The fourth-order valence-corrected chi connectivity index (χ4v) is 3.64. The Morgan fingerprint density at radius 2 is 2.10 bits per heavy atom. The van der Waals surface area contributed by atoms with E-state index in [2.05, 4.69) is 25.2 Å². The van der Waals surface area contributed by atoms with Gasteiger partial charge in [-0.15, -0.1) is 0 Å². The van der Waals surface area contributed by atoms with Crippen LogP contribution in [0.2, 0.25) is 0 Å². The van der Waals surface area contributed by atoms with Gasteiger partial charge in [0, 0.05) is 30.8 Å². The molecule has 0 bridgehead atoms. The summed E-state index contributed by atoms with van der Waals surface area (Å²) in [6, 6.07) is 6.07. The van der Waals surface area contributed by atoms with E-state index in [0.717, 1.165) is 17.7 Å². The highest BCUT2D eigenvalue weighted by Gasteiger charge is 2.31. The van der Waals surface area contributed by atoms with Gasteiger partial charge in [-0.05, 0) is 26.3 Å². The minimum absolute atomic E-state index is 0.0738. The molecular weight excluding hydrogens is 274 g/mol. The molecule has 5 heteroatoms. The first kappa shape index (κ1) is 15.3. The van der Waals surface area contributed by atoms with Crippen LogP contribution in [0.1, 0.15) is 31.9 Å². The normalized spacial score (nSPS) is 18.4. The second-order valence-corrected chi connectivity index (χ2v) is 8.50. The Labute approximate surface area is 121 Å². The number of rotatable bonds is 5. The number of ether oxygens (including phenoxy) is 1. The van der Waals surface area contributed by atoms with Crippen LogP contribution in [0, 0.1) is 0 Å². The molecule has 1 heterocycles. The maximum Gasteiger partial charge on any atom is 0.148 e. The summed E-state index contributed by atoms with van der Waals surface area (Å²) in [6.07, 6.45) is 2.17. The van der Waals surface area contributed by atoms with Crippen LogP contribution in [-0.4, -0.2) is 32.1 Å². The van der Waals surface area contributed by atoms with Gasteiger partial charge < -0.3 is 10.1 Å². The SMILES string of the molecule is CC(CS(C)(=O)=O)NCc1cccc2c1OC(C)(C)C2. The lowest BCUT2D eigenvalue weighted by molar-refractivity contribution is 0.137. The number of nitrogens with one attached hydrogen (secondary N) is 1. The molecule has 1 aliphatic rings. The molecule has 0 aromatic heterocycles. The zero-order valence-corrected chi connectivity index (χ0v) is 13.4. The molecule has 0 spiro atoms. The Morgan fingerprint density at radius 1 is 1.40 bits per heavy atom. The van der Waals surface area contributed by atoms with Crippen molar-refractivity contribution in [2.75, 3.05) is 12.0 Å². The summed E-state index contributed by atoms with van der Waals surface area (Å²) in [5, 5.41) is 3.25. The van der Waals surface area contributed by atoms with Crippen LogP contribution >= 0.6 is 0 Å². The quantitative estimate of drug-likeness (QED) is 0.902. The molecule has 1 N–H and O–H groups in total. The van der Waals surface area contributed by atoms with Crippen LogP contribution in [0.5, 0.6) is 5.75 Å². The standard InChI is InChI=1S/C15H23NO3S/c1-11(10-20(4,17)18)16-9-13-7-5-6-12-8-15(2,3)19-14(12)13/h5-7,11,16H,8-10H2,1-4H3. The van der Waals surface area contributed by atoms with Crippen LogP contribution in [0.3, 0.4) is 0 Å². The summed E-state index contributed by atoms with van der Waals surface area (Å²) in [5.41, 5.74) is 2.16. The second-order valence-electron chi connectivity index (χ2n) is 6.32. The van der Waals surface area contributed by atoms with E-state index >= 15 is 0 Å². The molecular formula is C15H23NO3S. The van der Waals surface area contributed by atoms with Crippen LogP contribution in [0.4, 0.5) is 0 Å². The van der Waals surface area contributed by atoms with Crippen LogP contribution < -0.4 is 10.1 Å². The summed E-state index contributed by atoms with van der Waals surface area (Å²) in [6.45, 7) is 6.66. The molecule has 0 radical (unpaired) electrons. The van der Waals surface area contributed by atoms with Gasteiger partial charge in [-0.2, -0.15) is 0 Å². The predicted octanol–water partition coefficient (Wildman–Crippen LogP) is 1.92. The number of hydrogen-bond acceptors (Lipinski definition) is 4. The van der Waals surface area contributed by atoms with E-state index in [9.17, 15) is 8.42 Å². The number of fused-ring (bicyclic) bond motifs is 1. The lowest BCUT2D eigenvalue weighted by atomic mass is 10.0. The third-order valence-electron chi connectivity index (χ3n) is 3.37. The molecule has 1 aromatic rings. The lowest BCUT2D eigenvalue weighted by Crippen LogP contribution is -2.32. The fraction of sp³-hybridized carbons (Fsp3) is 0.600. The van der Waals surface area contributed by atoms with Gasteiger partial charge in [0.25, 0.3) is 0 Å². The Kier molecular flexibility index (Phi) is 4.12. The average Bonchev–Trinajstić information content (AvgIpc) is 2.58. The van der Waals surface area contributed by atoms with Crippen LogP contribution in [0.15, 0.2) is 18.2 Å². The van der Waals surface area contributed by atoms with E-state index in [4.69, 9.17) is 4.74 Å². The van der Waals surface area contributed by atoms with Crippen molar-refractivity contribution in [2.24, 2.45) is 0 Å². The van der Waals surface area contributed by atoms with Crippen LogP contribution in [-0.2, 0) is 22.8 Å². The van der Waals surface area contributed by atoms with Gasteiger partial charge in [0.05, 0.1) is 5.75 Å². The van der Waals surface area contributed by atoms with Crippen molar-refractivity contribution in [1.82, 2.24) is 5.32 Å². The number of benzene rings is 1. The van der Waals surface area contributed by atoms with Gasteiger partial charge >= 0.3 is 0 Å². The Morgan fingerprint density at radius 3 is 2.75 bits per heavy atom. The van der Waals surface area contributed by atoms with Gasteiger partial charge in [0.1, 0.15) is 21.2 Å². The highest BCUT2D eigenvalue weighted by atomic mass is 32.2. The maximum absolute atomic E-state index is 11.3. The van der Waals surface area contributed by atoms with Gasteiger partial charge in [0.2, 0.25) is 0 Å². The lowest BCUT2D eigenvalue weighted by Gasteiger charge is -2.19. The van der Waals surface area contributed by atoms with Crippen molar-refractivity contribution in [1.29, 1.82) is 0 Å². The van der Waals surface area contributed by atoms with Gasteiger partial charge in [-0.25, -0.2) is 8.42 Å². The van der Waals surface area contributed by atoms with Crippen molar-refractivity contribution >= 4 is 9.84 Å². The molecule has 0 amide bonds. The van der Waals surface area contributed by atoms with E-state index in [-0.39, 0.29) is 17.4 Å². The Balaban J connectivity index is 2.04. The largest absolute Gasteiger partial charge is 0.487 e. The molecule has 0 saturated heterocycles. The molecule has 0 fully saturated rings. The summed E-state index contributed by atoms with van der Waals surface area (Å²) in [5.74, 6) is 1.10. The summed E-state index contributed by atoms with van der Waals surface area (Å²) in [7, 11) is -2.95. The number of para-hydroxylation sites is 1. The molecule has 0 aliphatic carbocycles. The topological polar surface area (TPSA) is 55.4 Å². The van der Waals surface area contributed by atoms with Crippen molar-refractivity contribution in [3.05, 3.63) is 29.3 Å². The van der Waals surface area contributed by atoms with E-state index in [1.54, 1.807) is 0 Å². The monoisotopic (exact) mass is 297 g/mol. The van der Waals surface area contributed by atoms with Gasteiger partial charge in [-0.1, -0.05) is 18.2 Å². The Hall–Kier alpha value is -1.07. The minimum atomic E-state index is -2.95. The highest BCUT2D eigenvalue weighted by molar-refractivity contribution is 7.90. The van der Waals surface area contributed by atoms with Gasteiger partial charge in [0.15, 0.2) is 0 Å². The zero-order valence-electron chi connectivity index (χ0n) is 12.6. The predicted molar refractivity (Wildman–Crippen MR) is 80.9 cm³/mol. The van der Waals surface area contributed by atoms with Gasteiger partial charge in [-0.3, -0.25) is 0 Å². The summed E-state index contributed by atoms with van der Waals surface area (Å²) >= 11 is 0. The van der Waals surface area contributed by atoms with E-state index in [0.29, 0.717) is 6.54 Å². The maximum atomic E-state index is 11.3. The third-order valence-corrected chi connectivity index (χ3v) is 4.47. The first-order chi connectivity index (χ1) is 9.16. The minimum Gasteiger partial charge on any atom is -0.487 e. The first-order valence-electron chi connectivity index (χ1n) is 6.87. The zero-order chi connectivity index (χ0) is 15.0. The van der Waals surface area contributed by atoms with Crippen LogP contribution in [0.25, 0.3) is 0 Å². The number of sulfone groups is 1. The number of hydrogen-bond donors (Lipinski definition) is 1. The third kappa shape index (κ3) is 3.96. The molecule has 20 heavy (non-hydrogen) atoms. The highest BCUT2D eigenvalue weighted by Crippen LogP contribution is 2.37. The molecule has 1 atom stereocenters. The molecule has 1 unspecified atom stereocenters. The summed E-state index contributed by atoms with van der Waals surface area (Å²) < 4.78 is 28.5. The second kappa shape index (κ2) is 5.37. The van der Waals surface area contributed by atoms with Crippen molar-refractivity contribution < 1.29 is 13.2 Å².